The Labute approximate surface area is 124 Å². The number of rotatable bonds is 4. The summed E-state index contributed by atoms with van der Waals surface area (Å²) in [5.41, 5.74) is 0.980. The Bertz CT molecular complexity index is 484. The molecule has 18 heavy (non-hydrogen) atoms. The van der Waals surface area contributed by atoms with Crippen LogP contribution >= 0.6 is 36.7 Å². The van der Waals surface area contributed by atoms with E-state index in [0.29, 0.717) is 15.1 Å². The molecule has 1 saturated heterocycles. The van der Waals surface area contributed by atoms with Crippen LogP contribution < -0.4 is 4.90 Å². The van der Waals surface area contributed by atoms with Gasteiger partial charge in [-0.05, 0) is 30.8 Å². The molecule has 0 aliphatic carbocycles. The Hall–Kier alpha value is -0.910. The molecule has 1 aliphatic heterocycles. The maximum atomic E-state index is 5.49. The SMILES string of the molecule is CCCCN1C(=S)C(=S)N(c2ccccc2)C1=S. The molecular weight excluding hydrogens is 280 g/mol. The molecule has 0 aromatic heterocycles. The monoisotopic (exact) mass is 294 g/mol. The van der Waals surface area contributed by atoms with E-state index in [2.05, 4.69) is 6.92 Å². The fraction of sp³-hybridized carbons (Fsp3) is 0.308. The van der Waals surface area contributed by atoms with E-state index in [9.17, 15) is 0 Å². The summed E-state index contributed by atoms with van der Waals surface area (Å²) >= 11 is 16.3. The van der Waals surface area contributed by atoms with Crippen molar-refractivity contribution in [2.45, 2.75) is 19.8 Å². The van der Waals surface area contributed by atoms with Crippen LogP contribution in [-0.2, 0) is 0 Å². The van der Waals surface area contributed by atoms with Gasteiger partial charge in [0.25, 0.3) is 0 Å². The molecule has 0 amide bonds. The Morgan fingerprint density at radius 1 is 1.00 bits per heavy atom. The third-order valence-corrected chi connectivity index (χ3v) is 4.12. The molecule has 5 heteroatoms. The van der Waals surface area contributed by atoms with Gasteiger partial charge in [0.2, 0.25) is 0 Å². The van der Waals surface area contributed by atoms with Crippen LogP contribution in [0.5, 0.6) is 0 Å². The zero-order valence-corrected chi connectivity index (χ0v) is 12.6. The number of anilines is 1. The van der Waals surface area contributed by atoms with Crippen molar-refractivity contribution in [3.63, 3.8) is 0 Å². The van der Waals surface area contributed by atoms with Gasteiger partial charge < -0.3 is 4.90 Å². The molecule has 0 unspecified atom stereocenters. The second-order valence-electron chi connectivity index (χ2n) is 4.07. The maximum Gasteiger partial charge on any atom is 0.186 e. The zero-order chi connectivity index (χ0) is 13.1. The van der Waals surface area contributed by atoms with E-state index in [1.54, 1.807) is 0 Å². The highest BCUT2D eigenvalue weighted by Gasteiger charge is 2.35. The van der Waals surface area contributed by atoms with Crippen LogP contribution in [0.1, 0.15) is 19.8 Å². The molecular formula is C13H14N2S3. The van der Waals surface area contributed by atoms with Crippen molar-refractivity contribution < 1.29 is 0 Å². The van der Waals surface area contributed by atoms with Gasteiger partial charge in [-0.1, -0.05) is 56.0 Å². The van der Waals surface area contributed by atoms with Gasteiger partial charge in [-0.3, -0.25) is 4.90 Å². The average molecular weight is 294 g/mol. The Balaban J connectivity index is 2.26. The molecule has 1 aromatic carbocycles. The van der Waals surface area contributed by atoms with Crippen molar-refractivity contribution in [1.82, 2.24) is 4.90 Å². The molecule has 0 spiro atoms. The number of unbranched alkanes of at least 4 members (excludes halogenated alkanes) is 1. The highest BCUT2D eigenvalue weighted by Crippen LogP contribution is 2.24. The first-order chi connectivity index (χ1) is 8.66. The largest absolute Gasteiger partial charge is 0.307 e. The summed E-state index contributed by atoms with van der Waals surface area (Å²) in [7, 11) is 0. The van der Waals surface area contributed by atoms with Crippen LogP contribution in [0.25, 0.3) is 0 Å². The number of hydrogen-bond acceptors (Lipinski definition) is 3. The molecule has 94 valence electrons. The quantitative estimate of drug-likeness (QED) is 0.781. The topological polar surface area (TPSA) is 6.48 Å². The van der Waals surface area contributed by atoms with Gasteiger partial charge in [-0.15, -0.1) is 0 Å². The smallest absolute Gasteiger partial charge is 0.186 e. The highest BCUT2D eigenvalue weighted by atomic mass is 32.1. The van der Waals surface area contributed by atoms with Crippen LogP contribution in [0.15, 0.2) is 30.3 Å². The van der Waals surface area contributed by atoms with E-state index in [-0.39, 0.29) is 0 Å². The summed E-state index contributed by atoms with van der Waals surface area (Å²) in [6, 6.07) is 9.89. The van der Waals surface area contributed by atoms with Gasteiger partial charge in [-0.25, -0.2) is 0 Å². The van der Waals surface area contributed by atoms with Crippen molar-refractivity contribution >= 4 is 57.4 Å². The lowest BCUT2D eigenvalue weighted by molar-refractivity contribution is 0.591. The van der Waals surface area contributed by atoms with Crippen LogP contribution in [-0.4, -0.2) is 26.5 Å². The van der Waals surface area contributed by atoms with E-state index in [0.717, 1.165) is 25.1 Å². The predicted molar refractivity (Wildman–Crippen MR) is 88.3 cm³/mol. The van der Waals surface area contributed by atoms with E-state index >= 15 is 0 Å². The molecule has 1 heterocycles. The fourth-order valence-corrected chi connectivity index (χ4v) is 2.89. The summed E-state index contributed by atoms with van der Waals surface area (Å²) < 4.78 is 0. The molecule has 0 saturated carbocycles. The van der Waals surface area contributed by atoms with Crippen molar-refractivity contribution in [2.24, 2.45) is 0 Å². The average Bonchev–Trinajstić information content (AvgIpc) is 2.60. The standard InChI is InChI=1S/C13H14N2S3/c1-2-3-9-14-11(16)12(17)15(13(14)18)10-7-5-4-6-8-10/h4-8H,2-3,9H2,1H3. The predicted octanol–water partition coefficient (Wildman–Crippen LogP) is 3.55. The molecule has 1 aromatic rings. The van der Waals surface area contributed by atoms with Crippen molar-refractivity contribution in [3.05, 3.63) is 30.3 Å². The Kier molecular flexibility index (Phi) is 4.37. The summed E-state index contributed by atoms with van der Waals surface area (Å²) in [4.78, 5) is 5.15. The number of benzene rings is 1. The van der Waals surface area contributed by atoms with Gasteiger partial charge >= 0.3 is 0 Å². The lowest BCUT2D eigenvalue weighted by Gasteiger charge is -2.20. The minimum absolute atomic E-state index is 0.636. The Morgan fingerprint density at radius 2 is 1.67 bits per heavy atom. The van der Waals surface area contributed by atoms with Gasteiger partial charge in [-0.2, -0.15) is 0 Å². The number of para-hydroxylation sites is 1. The molecule has 0 bridgehead atoms. The third kappa shape index (κ3) is 2.43. The van der Waals surface area contributed by atoms with Gasteiger partial charge in [0.1, 0.15) is 9.98 Å². The second kappa shape index (κ2) is 5.82. The maximum absolute atomic E-state index is 5.49. The molecule has 2 nitrogen and oxygen atoms in total. The van der Waals surface area contributed by atoms with E-state index in [4.69, 9.17) is 36.7 Å². The second-order valence-corrected chi connectivity index (χ2v) is 5.21. The summed E-state index contributed by atoms with van der Waals surface area (Å²) in [6.45, 7) is 2.99. The fourth-order valence-electron chi connectivity index (χ4n) is 1.82. The lowest BCUT2D eigenvalue weighted by Crippen LogP contribution is -2.33. The zero-order valence-electron chi connectivity index (χ0n) is 10.1. The molecule has 0 N–H and O–H groups in total. The molecule has 2 rings (SSSR count). The summed E-state index contributed by atoms with van der Waals surface area (Å²) in [5, 5.41) is 0.699. The molecule has 1 fully saturated rings. The van der Waals surface area contributed by atoms with E-state index in [1.165, 1.54) is 0 Å². The number of thiocarbonyl (C=S) groups is 3. The first-order valence-electron chi connectivity index (χ1n) is 5.91. The molecule has 0 radical (unpaired) electrons. The molecule has 0 atom stereocenters. The van der Waals surface area contributed by atoms with Crippen molar-refractivity contribution in [2.75, 3.05) is 11.4 Å². The first-order valence-corrected chi connectivity index (χ1v) is 7.14. The van der Waals surface area contributed by atoms with E-state index < -0.39 is 0 Å². The number of nitrogens with zero attached hydrogens (tertiary/aromatic N) is 2. The lowest BCUT2D eigenvalue weighted by atomic mass is 10.3. The summed E-state index contributed by atoms with van der Waals surface area (Å²) in [6.07, 6.45) is 2.17. The summed E-state index contributed by atoms with van der Waals surface area (Å²) in [5.74, 6) is 0. The van der Waals surface area contributed by atoms with Crippen LogP contribution in [0.4, 0.5) is 5.69 Å². The third-order valence-electron chi connectivity index (χ3n) is 2.80. The normalized spacial score (nSPS) is 15.7. The van der Waals surface area contributed by atoms with Gasteiger partial charge in [0.05, 0.1) is 0 Å². The van der Waals surface area contributed by atoms with Gasteiger partial charge in [0, 0.05) is 12.2 Å². The molecule has 1 aliphatic rings. The first kappa shape index (κ1) is 13.5. The highest BCUT2D eigenvalue weighted by molar-refractivity contribution is 7.90. The number of hydrogen-bond donors (Lipinski definition) is 0. The minimum atomic E-state index is 0.636. The van der Waals surface area contributed by atoms with Crippen molar-refractivity contribution in [1.29, 1.82) is 0 Å². The van der Waals surface area contributed by atoms with Crippen LogP contribution in [0.3, 0.4) is 0 Å². The Morgan fingerprint density at radius 3 is 2.28 bits per heavy atom. The van der Waals surface area contributed by atoms with Crippen molar-refractivity contribution in [3.8, 4) is 0 Å². The van der Waals surface area contributed by atoms with Gasteiger partial charge in [0.15, 0.2) is 5.11 Å². The van der Waals surface area contributed by atoms with Crippen LogP contribution in [0.2, 0.25) is 0 Å². The van der Waals surface area contributed by atoms with Crippen LogP contribution in [0, 0.1) is 0 Å². The minimum Gasteiger partial charge on any atom is -0.307 e. The van der Waals surface area contributed by atoms with E-state index in [1.807, 2.05) is 40.1 Å².